The van der Waals surface area contributed by atoms with Gasteiger partial charge in [-0.25, -0.2) is 0 Å². The molecule has 1 saturated heterocycles. The van der Waals surface area contributed by atoms with Crippen molar-refractivity contribution < 1.29 is 14.4 Å². The number of carbonyl (C=O) groups excluding carboxylic acids is 3. The van der Waals surface area contributed by atoms with Gasteiger partial charge in [0.15, 0.2) is 0 Å². The summed E-state index contributed by atoms with van der Waals surface area (Å²) in [5.41, 5.74) is 4.71. The van der Waals surface area contributed by atoms with Crippen molar-refractivity contribution in [2.24, 2.45) is 0 Å². The summed E-state index contributed by atoms with van der Waals surface area (Å²) in [4.78, 5) is 43.6. The lowest BCUT2D eigenvalue weighted by Gasteiger charge is -2.26. The summed E-state index contributed by atoms with van der Waals surface area (Å²) in [7, 11) is 0. The minimum absolute atomic E-state index is 0.00718. The molecule has 0 bridgehead atoms. The van der Waals surface area contributed by atoms with Crippen molar-refractivity contribution in [2.45, 2.75) is 18.9 Å². The second-order valence-electron chi connectivity index (χ2n) is 9.67. The number of nitrogens with one attached hydrogen (secondary N) is 1. The van der Waals surface area contributed by atoms with E-state index in [0.29, 0.717) is 34.6 Å². The highest BCUT2D eigenvalue weighted by Crippen LogP contribution is 2.32. The predicted octanol–water partition coefficient (Wildman–Crippen LogP) is 5.87. The highest BCUT2D eigenvalue weighted by atomic mass is 16.2. The molecule has 188 valence electrons. The van der Waals surface area contributed by atoms with Crippen molar-refractivity contribution >= 4 is 29.1 Å². The number of nitrogens with zero attached hydrogens (tertiary/aromatic N) is 2. The van der Waals surface area contributed by atoms with Gasteiger partial charge in [-0.05, 0) is 66.4 Å². The van der Waals surface area contributed by atoms with Crippen LogP contribution in [-0.4, -0.2) is 41.8 Å². The van der Waals surface area contributed by atoms with Crippen LogP contribution in [0.25, 0.3) is 11.1 Å². The fourth-order valence-electron chi connectivity index (χ4n) is 5.44. The molecule has 2 aliphatic heterocycles. The molecule has 1 atom stereocenters. The third-order valence-corrected chi connectivity index (χ3v) is 7.35. The molecule has 0 spiro atoms. The molecule has 4 aromatic carbocycles. The minimum Gasteiger partial charge on any atom is -0.334 e. The molecule has 0 unspecified atom stereocenters. The van der Waals surface area contributed by atoms with Crippen molar-refractivity contribution in [3.63, 3.8) is 0 Å². The largest absolute Gasteiger partial charge is 0.334 e. The summed E-state index contributed by atoms with van der Waals surface area (Å²) in [6.07, 6.45) is 1.83. The molecule has 0 saturated carbocycles. The first kappa shape index (κ1) is 23.7. The number of benzene rings is 4. The Morgan fingerprint density at radius 1 is 0.763 bits per heavy atom. The van der Waals surface area contributed by atoms with Gasteiger partial charge in [0.2, 0.25) is 0 Å². The van der Waals surface area contributed by atoms with Gasteiger partial charge in [0, 0.05) is 29.9 Å². The lowest BCUT2D eigenvalue weighted by atomic mass is 9.99. The normalized spacial score (nSPS) is 16.4. The molecule has 3 amide bonds. The van der Waals surface area contributed by atoms with Crippen LogP contribution in [0.3, 0.4) is 0 Å². The van der Waals surface area contributed by atoms with Crippen LogP contribution in [0.5, 0.6) is 0 Å². The van der Waals surface area contributed by atoms with Crippen LogP contribution in [-0.2, 0) is 0 Å². The van der Waals surface area contributed by atoms with Crippen LogP contribution in [0, 0.1) is 0 Å². The van der Waals surface area contributed by atoms with Gasteiger partial charge in [0.25, 0.3) is 17.7 Å². The fraction of sp³-hybridized carbons (Fsp3) is 0.156. The van der Waals surface area contributed by atoms with Crippen molar-refractivity contribution in [3.8, 4) is 11.1 Å². The second-order valence-corrected chi connectivity index (χ2v) is 9.67. The maximum absolute atomic E-state index is 13.7. The first-order valence-corrected chi connectivity index (χ1v) is 12.9. The van der Waals surface area contributed by atoms with Gasteiger partial charge >= 0.3 is 0 Å². The molecule has 0 aromatic heterocycles. The Morgan fingerprint density at radius 3 is 2.24 bits per heavy atom. The number of fused-ring (bicyclic) bond motifs is 2. The van der Waals surface area contributed by atoms with E-state index in [-0.39, 0.29) is 23.8 Å². The van der Waals surface area contributed by atoms with Crippen LogP contribution in [0.15, 0.2) is 103 Å². The number of carbonyl (C=O) groups is 3. The zero-order chi connectivity index (χ0) is 26.1. The number of anilines is 2. The number of para-hydroxylation sites is 1. The van der Waals surface area contributed by atoms with E-state index in [1.807, 2.05) is 71.6 Å². The summed E-state index contributed by atoms with van der Waals surface area (Å²) in [5.74, 6) is -0.386. The lowest BCUT2D eigenvalue weighted by Crippen LogP contribution is -2.42. The third kappa shape index (κ3) is 4.34. The highest BCUT2D eigenvalue weighted by molar-refractivity contribution is 6.12. The molecule has 0 aliphatic carbocycles. The number of amides is 3. The maximum atomic E-state index is 13.7. The summed E-state index contributed by atoms with van der Waals surface area (Å²) >= 11 is 0. The molecule has 38 heavy (non-hydrogen) atoms. The van der Waals surface area contributed by atoms with E-state index in [1.165, 1.54) is 0 Å². The Morgan fingerprint density at radius 2 is 1.45 bits per heavy atom. The average Bonchev–Trinajstić information content (AvgIpc) is 3.40. The number of rotatable bonds is 4. The molecule has 2 heterocycles. The Labute approximate surface area is 221 Å². The minimum atomic E-state index is -0.218. The quantitative estimate of drug-likeness (QED) is 0.380. The van der Waals surface area contributed by atoms with Gasteiger partial charge < -0.3 is 15.1 Å². The third-order valence-electron chi connectivity index (χ3n) is 7.35. The molecule has 0 radical (unpaired) electrons. The van der Waals surface area contributed by atoms with Gasteiger partial charge in [-0.2, -0.15) is 0 Å². The summed E-state index contributed by atoms with van der Waals surface area (Å²) in [6, 6.07) is 31.6. The zero-order valence-corrected chi connectivity index (χ0v) is 20.8. The maximum Gasteiger partial charge on any atom is 0.258 e. The van der Waals surface area contributed by atoms with Crippen molar-refractivity contribution in [3.05, 3.63) is 120 Å². The predicted molar refractivity (Wildman–Crippen MR) is 148 cm³/mol. The topological polar surface area (TPSA) is 69.7 Å². The monoisotopic (exact) mass is 501 g/mol. The van der Waals surface area contributed by atoms with E-state index in [4.69, 9.17) is 0 Å². The van der Waals surface area contributed by atoms with Gasteiger partial charge in [-0.15, -0.1) is 0 Å². The number of hydrogen-bond donors (Lipinski definition) is 1. The van der Waals surface area contributed by atoms with Gasteiger partial charge in [0.05, 0.1) is 17.3 Å². The molecule has 1 N–H and O–H groups in total. The number of hydrogen-bond acceptors (Lipinski definition) is 3. The molecule has 1 fully saturated rings. The molecular weight excluding hydrogens is 474 g/mol. The average molecular weight is 502 g/mol. The molecular formula is C32H27N3O3. The smallest absolute Gasteiger partial charge is 0.258 e. The van der Waals surface area contributed by atoms with Gasteiger partial charge in [-0.3, -0.25) is 14.4 Å². The lowest BCUT2D eigenvalue weighted by molar-refractivity contribution is 0.0744. The van der Waals surface area contributed by atoms with Crippen LogP contribution < -0.4 is 10.2 Å². The summed E-state index contributed by atoms with van der Waals surface area (Å²) in [6.45, 7) is 1.19. The second kappa shape index (κ2) is 9.98. The SMILES string of the molecule is O=C(Nc1ccc(C(=O)N2C[C@@H]3CCCN3C(=O)c3ccccc32)cc1)c1ccccc1-c1ccccc1. The van der Waals surface area contributed by atoms with E-state index in [2.05, 4.69) is 5.32 Å². The van der Waals surface area contributed by atoms with Crippen LogP contribution in [0.4, 0.5) is 11.4 Å². The molecule has 6 heteroatoms. The van der Waals surface area contributed by atoms with Crippen LogP contribution in [0.2, 0.25) is 0 Å². The fourth-order valence-corrected chi connectivity index (χ4v) is 5.44. The van der Waals surface area contributed by atoms with Crippen LogP contribution >= 0.6 is 0 Å². The Bertz CT molecular complexity index is 1510. The Kier molecular flexibility index (Phi) is 6.22. The summed E-state index contributed by atoms with van der Waals surface area (Å²) in [5, 5.41) is 2.96. The standard InChI is InChI=1S/C32H27N3O3/c36-30(27-13-5-4-12-26(27)22-9-2-1-3-10-22)33-24-18-16-23(17-19-24)31(37)35-21-25-11-8-20-34(25)32(38)28-14-6-7-15-29(28)35/h1-7,9-10,12-19,25H,8,11,20-21H2,(H,33,36)/t25-/m0/s1. The molecule has 6 nitrogen and oxygen atoms in total. The van der Waals surface area contributed by atoms with Crippen molar-refractivity contribution in [2.75, 3.05) is 23.3 Å². The van der Waals surface area contributed by atoms with E-state index < -0.39 is 0 Å². The Hall–Kier alpha value is -4.71. The molecule has 4 aromatic rings. The van der Waals surface area contributed by atoms with E-state index in [0.717, 1.165) is 30.5 Å². The van der Waals surface area contributed by atoms with E-state index in [9.17, 15) is 14.4 Å². The zero-order valence-electron chi connectivity index (χ0n) is 20.8. The van der Waals surface area contributed by atoms with Crippen molar-refractivity contribution in [1.29, 1.82) is 0 Å². The van der Waals surface area contributed by atoms with Crippen molar-refractivity contribution in [1.82, 2.24) is 4.90 Å². The van der Waals surface area contributed by atoms with Gasteiger partial charge in [-0.1, -0.05) is 60.7 Å². The van der Waals surface area contributed by atoms with Crippen LogP contribution in [0.1, 0.15) is 43.9 Å². The molecule has 2 aliphatic rings. The highest BCUT2D eigenvalue weighted by Gasteiger charge is 2.38. The van der Waals surface area contributed by atoms with E-state index >= 15 is 0 Å². The Balaban J connectivity index is 1.23. The molecule has 6 rings (SSSR count). The van der Waals surface area contributed by atoms with E-state index in [1.54, 1.807) is 41.3 Å². The first-order valence-electron chi connectivity index (χ1n) is 12.9. The first-order chi connectivity index (χ1) is 18.6. The summed E-state index contributed by atoms with van der Waals surface area (Å²) < 4.78 is 0. The van der Waals surface area contributed by atoms with Gasteiger partial charge in [0.1, 0.15) is 0 Å².